The summed E-state index contributed by atoms with van der Waals surface area (Å²) in [6.45, 7) is 6.82. The molecule has 4 aliphatic heterocycles. The zero-order valence-electron chi connectivity index (χ0n) is 35.5. The van der Waals surface area contributed by atoms with Crippen LogP contribution in [0.5, 0.6) is 5.75 Å². The average Bonchev–Trinajstić information content (AvgIpc) is 3.73. The Balaban J connectivity index is 1.13. The van der Waals surface area contributed by atoms with Gasteiger partial charge in [0.2, 0.25) is 11.8 Å². The molecule has 4 heterocycles. The van der Waals surface area contributed by atoms with Gasteiger partial charge in [0.1, 0.15) is 5.75 Å². The summed E-state index contributed by atoms with van der Waals surface area (Å²) in [5.41, 5.74) is 5.41. The molecule has 4 aliphatic rings. The summed E-state index contributed by atoms with van der Waals surface area (Å²) >= 11 is 0. The van der Waals surface area contributed by atoms with Gasteiger partial charge in [0.15, 0.2) is 5.60 Å². The lowest BCUT2D eigenvalue weighted by Gasteiger charge is -2.37. The van der Waals surface area contributed by atoms with Crippen LogP contribution in [0, 0.1) is 5.92 Å². The van der Waals surface area contributed by atoms with Gasteiger partial charge in [-0.2, -0.15) is 10.2 Å². The molecule has 9 rings (SSSR count). The molecule has 0 unspecified atom stereocenters. The SMILES string of the molecule is COc1ccc([Si](C)(C)[C@@H]2[C@@H](CCO)O[C@]3(C(=O)N(Cc4cccc(N5N=C(c6ccccc6)CCC5=O)c4)c4ccc(N5N=C(c6ccccc6)CCC5=O)cc43)[C@H]2C)cc1. The maximum absolute atomic E-state index is 15.6. The first-order valence-electron chi connectivity index (χ1n) is 21.4. The van der Waals surface area contributed by atoms with Gasteiger partial charge in [0.25, 0.3) is 5.91 Å². The second-order valence-corrected chi connectivity index (χ2v) is 21.9. The maximum atomic E-state index is 15.6. The summed E-state index contributed by atoms with van der Waals surface area (Å²) in [5, 5.41) is 24.3. The molecule has 0 aliphatic carbocycles. The Labute approximate surface area is 363 Å². The van der Waals surface area contributed by atoms with Crippen molar-refractivity contribution in [2.75, 3.05) is 28.6 Å². The summed E-state index contributed by atoms with van der Waals surface area (Å²) in [5.74, 6) is 0.0101. The summed E-state index contributed by atoms with van der Waals surface area (Å²) in [6, 6.07) is 41.2. The molecule has 1 fully saturated rings. The predicted molar refractivity (Wildman–Crippen MR) is 245 cm³/mol. The number of hydrogen-bond acceptors (Lipinski definition) is 8. The highest BCUT2D eigenvalue weighted by molar-refractivity contribution is 6.91. The van der Waals surface area contributed by atoms with Crippen LogP contribution in [-0.2, 0) is 31.3 Å². The first kappa shape index (κ1) is 41.2. The lowest BCUT2D eigenvalue weighted by atomic mass is 9.82. The number of carbonyl (C=O) groups excluding carboxylic acids is 3. The van der Waals surface area contributed by atoms with E-state index in [4.69, 9.17) is 19.7 Å². The smallest absolute Gasteiger partial charge is 0.264 e. The van der Waals surface area contributed by atoms with Crippen LogP contribution >= 0.6 is 0 Å². The number of benzene rings is 5. The highest BCUT2D eigenvalue weighted by Gasteiger charge is 2.66. The third-order valence-electron chi connectivity index (χ3n) is 13.3. The highest BCUT2D eigenvalue weighted by atomic mass is 28.3. The number of ether oxygens (including phenoxy) is 2. The van der Waals surface area contributed by atoms with E-state index in [0.29, 0.717) is 54.7 Å². The number of hydrogen-bond donors (Lipinski definition) is 1. The van der Waals surface area contributed by atoms with Crippen molar-refractivity contribution in [2.24, 2.45) is 16.1 Å². The van der Waals surface area contributed by atoms with Crippen LogP contribution in [-0.4, -0.2) is 62.1 Å². The van der Waals surface area contributed by atoms with Crippen molar-refractivity contribution in [1.82, 2.24) is 0 Å². The molecule has 316 valence electrons. The summed E-state index contributed by atoms with van der Waals surface area (Å²) in [6.07, 6.45) is 1.64. The van der Waals surface area contributed by atoms with Crippen LogP contribution in [0.25, 0.3) is 0 Å². The van der Waals surface area contributed by atoms with Crippen LogP contribution in [0.3, 0.4) is 0 Å². The van der Waals surface area contributed by atoms with E-state index in [0.717, 1.165) is 33.9 Å². The maximum Gasteiger partial charge on any atom is 0.264 e. The Hall–Kier alpha value is -6.21. The van der Waals surface area contributed by atoms with E-state index in [9.17, 15) is 14.7 Å². The fourth-order valence-electron chi connectivity index (χ4n) is 10.1. The van der Waals surface area contributed by atoms with E-state index in [1.807, 2.05) is 115 Å². The molecule has 1 spiro atoms. The molecule has 0 bridgehead atoms. The summed E-state index contributed by atoms with van der Waals surface area (Å²) in [7, 11) is -0.800. The van der Waals surface area contributed by atoms with Crippen LogP contribution in [0.4, 0.5) is 17.1 Å². The number of rotatable bonds is 11. The molecule has 0 aromatic heterocycles. The van der Waals surface area contributed by atoms with E-state index in [2.05, 4.69) is 32.2 Å². The van der Waals surface area contributed by atoms with Gasteiger partial charge in [0.05, 0.1) is 56.3 Å². The number of hydrazone groups is 2. The minimum absolute atomic E-state index is 0.0760. The van der Waals surface area contributed by atoms with Crippen molar-refractivity contribution >= 4 is 59.5 Å². The number of nitrogens with zero attached hydrogens (tertiary/aromatic N) is 5. The van der Waals surface area contributed by atoms with Crippen molar-refractivity contribution in [3.05, 3.63) is 150 Å². The number of amides is 3. The second-order valence-electron chi connectivity index (χ2n) is 17.2. The first-order chi connectivity index (χ1) is 30.0. The minimum Gasteiger partial charge on any atom is -0.497 e. The van der Waals surface area contributed by atoms with Crippen LogP contribution in [0.15, 0.2) is 138 Å². The van der Waals surface area contributed by atoms with Crippen molar-refractivity contribution in [3.8, 4) is 5.75 Å². The molecule has 1 N–H and O–H groups in total. The number of aliphatic hydroxyl groups is 1. The second kappa shape index (κ2) is 16.6. The van der Waals surface area contributed by atoms with E-state index < -0.39 is 19.8 Å². The van der Waals surface area contributed by atoms with Crippen LogP contribution < -0.4 is 24.8 Å². The predicted octanol–water partition coefficient (Wildman–Crippen LogP) is 7.90. The molecular weight excluding hydrogens is 795 g/mol. The Morgan fingerprint density at radius 2 is 1.34 bits per heavy atom. The number of methoxy groups -OCH3 is 1. The van der Waals surface area contributed by atoms with E-state index >= 15 is 4.79 Å². The van der Waals surface area contributed by atoms with Crippen molar-refractivity contribution < 1.29 is 29.0 Å². The third-order valence-corrected chi connectivity index (χ3v) is 17.6. The molecule has 5 aromatic rings. The number of aliphatic hydroxyl groups excluding tert-OH is 1. The van der Waals surface area contributed by atoms with Crippen LogP contribution in [0.1, 0.15) is 61.3 Å². The van der Waals surface area contributed by atoms with E-state index in [1.54, 1.807) is 12.0 Å². The van der Waals surface area contributed by atoms with Gasteiger partial charge in [0, 0.05) is 43.8 Å². The topological polar surface area (TPSA) is 124 Å². The average molecular weight is 846 g/mol. The standard InChI is InChI=1S/C50H51N5O6Si/c1-33-48(62(3,4)40-21-19-39(60-2)20-22-40)45(28-29-56)61-50(33)41-31-38(55-47(58)27-24-43(52-55)36-15-9-6-10-16-36)18-25-44(41)53(49(50)59)32-34-12-11-17-37(30-34)54-46(57)26-23-42(51-54)35-13-7-5-8-14-35/h5-22,25,30-31,33,45,48,56H,23-24,26-29,32H2,1-4H3/t33-,45+,48-,50+/m0/s1. The van der Waals surface area contributed by atoms with Gasteiger partial charge in [-0.1, -0.05) is 110 Å². The first-order valence-corrected chi connectivity index (χ1v) is 24.5. The largest absolute Gasteiger partial charge is 0.497 e. The lowest BCUT2D eigenvalue weighted by Crippen LogP contribution is -2.51. The fraction of sp³-hybridized carbons (Fsp3) is 0.300. The molecule has 1 saturated heterocycles. The van der Waals surface area contributed by atoms with Gasteiger partial charge in [-0.3, -0.25) is 14.4 Å². The molecule has 62 heavy (non-hydrogen) atoms. The van der Waals surface area contributed by atoms with Gasteiger partial charge < -0.3 is 19.5 Å². The number of carbonyl (C=O) groups is 3. The molecular formula is C50H51N5O6Si. The zero-order chi connectivity index (χ0) is 43.2. The van der Waals surface area contributed by atoms with E-state index in [1.165, 1.54) is 15.2 Å². The van der Waals surface area contributed by atoms with Gasteiger partial charge in [-0.15, -0.1) is 0 Å². The Morgan fingerprint density at radius 3 is 1.92 bits per heavy atom. The molecule has 3 amide bonds. The van der Waals surface area contributed by atoms with Gasteiger partial charge in [-0.05, 0) is 71.1 Å². The zero-order valence-corrected chi connectivity index (χ0v) is 36.5. The highest BCUT2D eigenvalue weighted by Crippen LogP contribution is 2.60. The normalized spacial score (nSPS) is 22.6. The number of fused-ring (bicyclic) bond motifs is 2. The van der Waals surface area contributed by atoms with Crippen molar-refractivity contribution in [3.63, 3.8) is 0 Å². The van der Waals surface area contributed by atoms with E-state index in [-0.39, 0.29) is 42.3 Å². The molecule has 12 heteroatoms. The van der Waals surface area contributed by atoms with Crippen molar-refractivity contribution in [2.45, 2.75) is 75.9 Å². The quantitative estimate of drug-likeness (QED) is 0.135. The Bertz CT molecular complexity index is 2580. The third kappa shape index (κ3) is 7.15. The minimum atomic E-state index is -2.45. The van der Waals surface area contributed by atoms with Gasteiger partial charge >= 0.3 is 0 Å². The molecule has 11 nitrogen and oxygen atoms in total. The van der Waals surface area contributed by atoms with Crippen molar-refractivity contribution in [1.29, 1.82) is 0 Å². The fourth-order valence-corrected chi connectivity index (χ4v) is 14.2. The molecule has 4 atom stereocenters. The molecule has 0 radical (unpaired) electrons. The Kier molecular flexibility index (Phi) is 11.0. The Morgan fingerprint density at radius 1 is 0.742 bits per heavy atom. The summed E-state index contributed by atoms with van der Waals surface area (Å²) in [4.78, 5) is 44.4. The number of anilines is 3. The lowest BCUT2D eigenvalue weighted by molar-refractivity contribution is -0.146. The molecule has 0 saturated carbocycles. The van der Waals surface area contributed by atoms with Gasteiger partial charge in [-0.25, -0.2) is 10.0 Å². The summed E-state index contributed by atoms with van der Waals surface area (Å²) < 4.78 is 12.7. The monoisotopic (exact) mass is 845 g/mol. The van der Waals surface area contributed by atoms with Crippen LogP contribution in [0.2, 0.25) is 18.6 Å². The molecule has 5 aromatic carbocycles.